The van der Waals surface area contributed by atoms with Crippen LogP contribution in [-0.2, 0) is 4.79 Å². The third-order valence-corrected chi connectivity index (χ3v) is 2.30. The molecule has 1 aliphatic rings. The van der Waals surface area contributed by atoms with Crippen molar-refractivity contribution in [3.8, 4) is 5.75 Å². The Morgan fingerprint density at radius 2 is 2.29 bits per heavy atom. The number of carboxylic acids is 1. The highest BCUT2D eigenvalue weighted by atomic mass is 35.5. The van der Waals surface area contributed by atoms with Crippen molar-refractivity contribution in [1.29, 1.82) is 0 Å². The van der Waals surface area contributed by atoms with Crippen LogP contribution in [0.4, 0.5) is 0 Å². The third kappa shape index (κ3) is 1.36. The minimum atomic E-state index is -0.961. The van der Waals surface area contributed by atoms with E-state index in [1.165, 1.54) is 6.08 Å². The van der Waals surface area contributed by atoms with Gasteiger partial charge in [-0.2, -0.15) is 0 Å². The first kappa shape index (κ1) is 9.09. The normalized spacial score (nSPS) is 13.9. The fourth-order valence-corrected chi connectivity index (χ4v) is 1.62. The lowest BCUT2D eigenvalue weighted by Crippen LogP contribution is -2.10. The highest BCUT2D eigenvalue weighted by Crippen LogP contribution is 2.35. The van der Waals surface area contributed by atoms with Crippen LogP contribution in [0.5, 0.6) is 5.75 Å². The number of rotatable bonds is 1. The molecule has 0 saturated heterocycles. The molecule has 1 N–H and O–H groups in total. The molecule has 0 spiro atoms. The van der Waals surface area contributed by atoms with Crippen LogP contribution < -0.4 is 4.74 Å². The topological polar surface area (TPSA) is 46.5 Å². The van der Waals surface area contributed by atoms with Gasteiger partial charge in [-0.1, -0.05) is 23.7 Å². The van der Waals surface area contributed by atoms with Gasteiger partial charge in [0.15, 0.2) is 0 Å². The molecule has 0 saturated carbocycles. The van der Waals surface area contributed by atoms with Crippen molar-refractivity contribution in [2.75, 3.05) is 6.61 Å². The minimum Gasteiger partial charge on any atom is -0.487 e. The van der Waals surface area contributed by atoms with Gasteiger partial charge in [0, 0.05) is 5.56 Å². The zero-order valence-electron chi connectivity index (χ0n) is 7.16. The number of hydrogen-bond donors (Lipinski definition) is 1. The Kier molecular flexibility index (Phi) is 2.17. The molecule has 0 amide bonds. The number of para-hydroxylation sites is 1. The van der Waals surface area contributed by atoms with Gasteiger partial charge in [-0.15, -0.1) is 0 Å². The summed E-state index contributed by atoms with van der Waals surface area (Å²) in [5.74, 6) is -0.508. The van der Waals surface area contributed by atoms with E-state index < -0.39 is 5.97 Å². The number of ether oxygens (including phenoxy) is 1. The second kappa shape index (κ2) is 3.35. The Morgan fingerprint density at radius 3 is 3.00 bits per heavy atom. The van der Waals surface area contributed by atoms with Gasteiger partial charge in [-0.3, -0.25) is 0 Å². The number of benzene rings is 1. The van der Waals surface area contributed by atoms with E-state index in [9.17, 15) is 4.79 Å². The summed E-state index contributed by atoms with van der Waals surface area (Å²) in [7, 11) is 0. The standard InChI is InChI=1S/C10H7ClO3/c11-8-3-1-2-6-7(10(12)13)4-5-14-9(6)8/h1-4H,5H2,(H,12,13). The molecule has 0 fully saturated rings. The van der Waals surface area contributed by atoms with Crippen LogP contribution in [0.1, 0.15) is 5.56 Å². The van der Waals surface area contributed by atoms with Gasteiger partial charge in [-0.25, -0.2) is 4.79 Å². The van der Waals surface area contributed by atoms with Crippen LogP contribution >= 0.6 is 11.6 Å². The van der Waals surface area contributed by atoms with Gasteiger partial charge in [0.2, 0.25) is 0 Å². The van der Waals surface area contributed by atoms with Crippen molar-refractivity contribution in [1.82, 2.24) is 0 Å². The van der Waals surface area contributed by atoms with Gasteiger partial charge >= 0.3 is 5.97 Å². The van der Waals surface area contributed by atoms with Gasteiger partial charge in [0.1, 0.15) is 12.4 Å². The summed E-state index contributed by atoms with van der Waals surface area (Å²) in [6, 6.07) is 5.05. The SMILES string of the molecule is O=C(O)C1=CCOc2c(Cl)cccc21. The average Bonchev–Trinajstić information content (AvgIpc) is 2.17. The van der Waals surface area contributed by atoms with E-state index in [1.54, 1.807) is 18.2 Å². The maximum Gasteiger partial charge on any atom is 0.336 e. The Morgan fingerprint density at radius 1 is 1.50 bits per heavy atom. The molecule has 1 aliphatic heterocycles. The Hall–Kier alpha value is -1.48. The Labute approximate surface area is 85.6 Å². The van der Waals surface area contributed by atoms with Crippen LogP contribution in [-0.4, -0.2) is 17.7 Å². The van der Waals surface area contributed by atoms with Crippen molar-refractivity contribution in [3.05, 3.63) is 34.9 Å². The predicted octanol–water partition coefficient (Wildman–Crippen LogP) is 2.20. The average molecular weight is 211 g/mol. The van der Waals surface area contributed by atoms with Crippen LogP contribution in [0.3, 0.4) is 0 Å². The number of aliphatic carboxylic acids is 1. The molecule has 0 aromatic heterocycles. The molecular weight excluding hydrogens is 204 g/mol. The predicted molar refractivity (Wildman–Crippen MR) is 52.6 cm³/mol. The lowest BCUT2D eigenvalue weighted by molar-refractivity contribution is -0.130. The summed E-state index contributed by atoms with van der Waals surface area (Å²) in [5.41, 5.74) is 0.782. The molecular formula is C10H7ClO3. The van der Waals surface area contributed by atoms with Gasteiger partial charge < -0.3 is 9.84 Å². The lowest BCUT2D eigenvalue weighted by Gasteiger charge is -2.16. The van der Waals surface area contributed by atoms with Gasteiger partial charge in [-0.05, 0) is 12.1 Å². The molecule has 1 heterocycles. The second-order valence-corrected chi connectivity index (χ2v) is 3.26. The van der Waals surface area contributed by atoms with Crippen LogP contribution in [0.25, 0.3) is 5.57 Å². The minimum absolute atomic E-state index is 0.244. The van der Waals surface area contributed by atoms with E-state index in [2.05, 4.69) is 0 Å². The molecule has 72 valence electrons. The number of hydrogen-bond acceptors (Lipinski definition) is 2. The first-order valence-corrected chi connectivity index (χ1v) is 4.43. The molecule has 0 aliphatic carbocycles. The van der Waals surface area contributed by atoms with E-state index in [1.807, 2.05) is 0 Å². The summed E-state index contributed by atoms with van der Waals surface area (Å²) in [6.45, 7) is 0.248. The van der Waals surface area contributed by atoms with E-state index >= 15 is 0 Å². The number of carbonyl (C=O) groups is 1. The van der Waals surface area contributed by atoms with Crippen molar-refractivity contribution in [2.24, 2.45) is 0 Å². The maximum atomic E-state index is 10.9. The molecule has 2 rings (SSSR count). The van der Waals surface area contributed by atoms with E-state index in [4.69, 9.17) is 21.4 Å². The zero-order valence-corrected chi connectivity index (χ0v) is 7.91. The zero-order chi connectivity index (χ0) is 10.1. The van der Waals surface area contributed by atoms with E-state index in [-0.39, 0.29) is 12.2 Å². The van der Waals surface area contributed by atoms with Gasteiger partial charge in [0.25, 0.3) is 0 Å². The summed E-state index contributed by atoms with van der Waals surface area (Å²) >= 11 is 5.87. The van der Waals surface area contributed by atoms with Crippen molar-refractivity contribution in [2.45, 2.75) is 0 Å². The fourth-order valence-electron chi connectivity index (χ4n) is 1.39. The first-order chi connectivity index (χ1) is 6.70. The highest BCUT2D eigenvalue weighted by molar-refractivity contribution is 6.33. The lowest BCUT2D eigenvalue weighted by atomic mass is 10.0. The quantitative estimate of drug-likeness (QED) is 0.773. The largest absolute Gasteiger partial charge is 0.487 e. The van der Waals surface area contributed by atoms with Crippen molar-refractivity contribution < 1.29 is 14.6 Å². The van der Waals surface area contributed by atoms with Crippen LogP contribution in [0.2, 0.25) is 5.02 Å². The molecule has 1 aromatic carbocycles. The maximum absolute atomic E-state index is 10.9. The molecule has 0 radical (unpaired) electrons. The summed E-state index contributed by atoms with van der Waals surface area (Å²) in [5, 5.41) is 9.35. The molecule has 0 bridgehead atoms. The van der Waals surface area contributed by atoms with Crippen molar-refractivity contribution >= 4 is 23.1 Å². The number of carboxylic acid groups (broad SMARTS) is 1. The molecule has 1 aromatic rings. The Balaban J connectivity index is 2.59. The Bertz CT molecular complexity index is 423. The number of halogens is 1. The summed E-state index contributed by atoms with van der Waals surface area (Å²) < 4.78 is 5.26. The van der Waals surface area contributed by atoms with E-state index in [0.29, 0.717) is 16.3 Å². The second-order valence-electron chi connectivity index (χ2n) is 2.85. The smallest absolute Gasteiger partial charge is 0.336 e. The highest BCUT2D eigenvalue weighted by Gasteiger charge is 2.20. The van der Waals surface area contributed by atoms with Crippen LogP contribution in [0, 0.1) is 0 Å². The summed E-state index contributed by atoms with van der Waals surface area (Å²) in [6.07, 6.45) is 1.53. The molecule has 0 atom stereocenters. The summed E-state index contributed by atoms with van der Waals surface area (Å²) in [4.78, 5) is 10.9. The van der Waals surface area contributed by atoms with Gasteiger partial charge in [0.05, 0.1) is 10.6 Å². The number of fused-ring (bicyclic) bond motifs is 1. The van der Waals surface area contributed by atoms with Crippen molar-refractivity contribution in [3.63, 3.8) is 0 Å². The van der Waals surface area contributed by atoms with E-state index in [0.717, 1.165) is 0 Å². The first-order valence-electron chi connectivity index (χ1n) is 4.05. The molecule has 14 heavy (non-hydrogen) atoms. The monoisotopic (exact) mass is 210 g/mol. The third-order valence-electron chi connectivity index (χ3n) is 2.00. The molecule has 0 unspecified atom stereocenters. The molecule has 4 heteroatoms. The van der Waals surface area contributed by atoms with Crippen LogP contribution in [0.15, 0.2) is 24.3 Å². The fraction of sp³-hybridized carbons (Fsp3) is 0.100. The molecule has 3 nitrogen and oxygen atoms in total.